The quantitative estimate of drug-likeness (QED) is 0.296. The summed E-state index contributed by atoms with van der Waals surface area (Å²) in [4.78, 5) is 49.2. The Hall–Kier alpha value is -4.18. The van der Waals surface area contributed by atoms with Gasteiger partial charge in [0.1, 0.15) is 18.1 Å². The predicted octanol–water partition coefficient (Wildman–Crippen LogP) is 5.15. The molecule has 2 aromatic carbocycles. The Kier molecular flexibility index (Phi) is 6.33. The summed E-state index contributed by atoms with van der Waals surface area (Å²) in [5.74, 6) is -0.404. The number of nitro benzene ring substituents is 1. The standard InChI is InChI=1S/C24H19N3O6S/c1-14-10-16(11-19(15(14)2)27(31)32)20-9-8-18(33-20)12-21-23(29)26(24(30)34-21)13-22(28)25-17-6-4-3-5-7-17/h3-12H,13H2,1-2H3,(H,25,28)/b21-12+. The van der Waals surface area contributed by atoms with Gasteiger partial charge in [-0.25, -0.2) is 0 Å². The molecule has 34 heavy (non-hydrogen) atoms. The van der Waals surface area contributed by atoms with Gasteiger partial charge in [0.05, 0.1) is 9.83 Å². The first-order chi connectivity index (χ1) is 16.2. The van der Waals surface area contributed by atoms with Crippen molar-refractivity contribution >= 4 is 46.3 Å². The van der Waals surface area contributed by atoms with Crippen LogP contribution in [0, 0.1) is 24.0 Å². The highest BCUT2D eigenvalue weighted by Crippen LogP contribution is 2.34. The van der Waals surface area contributed by atoms with E-state index in [0.29, 0.717) is 40.1 Å². The van der Waals surface area contributed by atoms with Crippen LogP contribution in [0.4, 0.5) is 16.2 Å². The molecule has 9 nitrogen and oxygen atoms in total. The van der Waals surface area contributed by atoms with Gasteiger partial charge in [0.2, 0.25) is 5.91 Å². The molecule has 0 spiro atoms. The summed E-state index contributed by atoms with van der Waals surface area (Å²) >= 11 is 0.710. The molecule has 1 fully saturated rings. The lowest BCUT2D eigenvalue weighted by Crippen LogP contribution is -2.36. The molecule has 0 unspecified atom stereocenters. The number of aryl methyl sites for hydroxylation is 1. The summed E-state index contributed by atoms with van der Waals surface area (Å²) < 4.78 is 5.77. The van der Waals surface area contributed by atoms with Crippen LogP contribution in [0.1, 0.15) is 16.9 Å². The van der Waals surface area contributed by atoms with Crippen LogP contribution in [0.15, 0.2) is 63.9 Å². The highest BCUT2D eigenvalue weighted by molar-refractivity contribution is 8.18. The largest absolute Gasteiger partial charge is 0.457 e. The molecular formula is C24H19N3O6S. The molecule has 3 amide bonds. The van der Waals surface area contributed by atoms with E-state index in [1.807, 2.05) is 0 Å². The molecule has 4 rings (SSSR count). The van der Waals surface area contributed by atoms with Crippen LogP contribution in [0.5, 0.6) is 0 Å². The average Bonchev–Trinajstić information content (AvgIpc) is 3.36. The maximum Gasteiger partial charge on any atom is 0.294 e. The Morgan fingerprint density at radius 3 is 2.59 bits per heavy atom. The van der Waals surface area contributed by atoms with Crippen LogP contribution in [0.2, 0.25) is 0 Å². The molecule has 1 aliphatic heterocycles. The molecule has 2 heterocycles. The number of thioether (sulfide) groups is 1. The first kappa shape index (κ1) is 23.0. The van der Waals surface area contributed by atoms with Gasteiger partial charge in [-0.3, -0.25) is 29.4 Å². The SMILES string of the molecule is Cc1cc(-c2ccc(/C=C3/SC(=O)N(CC(=O)Nc4ccccc4)C3=O)o2)cc([N+](=O)[O-])c1C. The number of hydrogen-bond donors (Lipinski definition) is 1. The lowest BCUT2D eigenvalue weighted by atomic mass is 10.0. The first-order valence-corrected chi connectivity index (χ1v) is 11.0. The van der Waals surface area contributed by atoms with Crippen molar-refractivity contribution in [1.82, 2.24) is 4.90 Å². The molecule has 0 radical (unpaired) electrons. The summed E-state index contributed by atoms with van der Waals surface area (Å²) in [7, 11) is 0. The van der Waals surface area contributed by atoms with E-state index < -0.39 is 28.5 Å². The molecule has 1 saturated heterocycles. The van der Waals surface area contributed by atoms with Crippen molar-refractivity contribution in [1.29, 1.82) is 0 Å². The van der Waals surface area contributed by atoms with Gasteiger partial charge in [-0.1, -0.05) is 18.2 Å². The van der Waals surface area contributed by atoms with E-state index in [4.69, 9.17) is 4.42 Å². The van der Waals surface area contributed by atoms with Gasteiger partial charge in [0.25, 0.3) is 16.8 Å². The predicted molar refractivity (Wildman–Crippen MR) is 128 cm³/mol. The third-order valence-corrected chi connectivity index (χ3v) is 6.16. The van der Waals surface area contributed by atoms with E-state index >= 15 is 0 Å². The highest BCUT2D eigenvalue weighted by atomic mass is 32.2. The lowest BCUT2D eigenvalue weighted by molar-refractivity contribution is -0.385. The maximum atomic E-state index is 12.7. The van der Waals surface area contributed by atoms with Gasteiger partial charge in [-0.05, 0) is 61.5 Å². The molecule has 1 aromatic heterocycles. The minimum atomic E-state index is -0.599. The number of rotatable bonds is 6. The monoisotopic (exact) mass is 477 g/mol. The number of furan rings is 1. The van der Waals surface area contributed by atoms with Crippen molar-refractivity contribution in [2.75, 3.05) is 11.9 Å². The minimum Gasteiger partial charge on any atom is -0.457 e. The normalized spacial score (nSPS) is 14.6. The van der Waals surface area contributed by atoms with Crippen LogP contribution in [0.25, 0.3) is 17.4 Å². The van der Waals surface area contributed by atoms with Crippen LogP contribution < -0.4 is 5.32 Å². The number of nitrogens with zero attached hydrogens (tertiary/aromatic N) is 2. The number of carbonyl (C=O) groups is 3. The number of carbonyl (C=O) groups excluding carboxylic acids is 3. The molecule has 172 valence electrons. The molecular weight excluding hydrogens is 458 g/mol. The van der Waals surface area contributed by atoms with Crippen molar-refractivity contribution in [2.24, 2.45) is 0 Å². The number of anilines is 1. The van der Waals surface area contributed by atoms with Crippen molar-refractivity contribution in [3.63, 3.8) is 0 Å². The lowest BCUT2D eigenvalue weighted by Gasteiger charge is -2.12. The molecule has 1 aliphatic rings. The van der Waals surface area contributed by atoms with Gasteiger partial charge in [-0.2, -0.15) is 0 Å². The molecule has 0 bridgehead atoms. The Labute approximate surface area is 198 Å². The smallest absolute Gasteiger partial charge is 0.294 e. The Bertz CT molecular complexity index is 1350. The number of amides is 3. The maximum absolute atomic E-state index is 12.7. The molecule has 1 N–H and O–H groups in total. The molecule has 10 heteroatoms. The summed E-state index contributed by atoms with van der Waals surface area (Å²) in [5.41, 5.74) is 2.40. The second-order valence-corrected chi connectivity index (χ2v) is 8.57. The summed E-state index contributed by atoms with van der Waals surface area (Å²) in [6.07, 6.45) is 1.42. The number of imide groups is 1. The zero-order valence-electron chi connectivity index (χ0n) is 18.2. The van der Waals surface area contributed by atoms with Gasteiger partial charge in [-0.15, -0.1) is 0 Å². The zero-order chi connectivity index (χ0) is 24.4. The van der Waals surface area contributed by atoms with Gasteiger partial charge in [0, 0.05) is 29.0 Å². The summed E-state index contributed by atoms with van der Waals surface area (Å²) in [5, 5.41) is 13.4. The highest BCUT2D eigenvalue weighted by Gasteiger charge is 2.36. The Morgan fingerprint density at radius 2 is 1.88 bits per heavy atom. The number of benzene rings is 2. The zero-order valence-corrected chi connectivity index (χ0v) is 19.0. The Balaban J connectivity index is 1.50. The second-order valence-electron chi connectivity index (χ2n) is 7.58. The number of nitrogens with one attached hydrogen (secondary N) is 1. The molecule has 3 aromatic rings. The molecule has 0 atom stereocenters. The number of para-hydroxylation sites is 1. The number of hydrogen-bond acceptors (Lipinski definition) is 7. The van der Waals surface area contributed by atoms with Crippen LogP contribution in [-0.2, 0) is 9.59 Å². The van der Waals surface area contributed by atoms with E-state index in [2.05, 4.69) is 5.32 Å². The van der Waals surface area contributed by atoms with Crippen molar-refractivity contribution in [3.8, 4) is 11.3 Å². The van der Waals surface area contributed by atoms with E-state index in [1.165, 1.54) is 12.1 Å². The van der Waals surface area contributed by atoms with Gasteiger partial charge < -0.3 is 9.73 Å². The van der Waals surface area contributed by atoms with E-state index in [0.717, 1.165) is 10.5 Å². The van der Waals surface area contributed by atoms with Gasteiger partial charge >= 0.3 is 0 Å². The van der Waals surface area contributed by atoms with Gasteiger partial charge in [0.15, 0.2) is 0 Å². The summed E-state index contributed by atoms with van der Waals surface area (Å²) in [6, 6.07) is 15.2. The topological polar surface area (TPSA) is 123 Å². The van der Waals surface area contributed by atoms with E-state index in [-0.39, 0.29) is 10.6 Å². The van der Waals surface area contributed by atoms with Crippen molar-refractivity contribution in [3.05, 3.63) is 86.5 Å². The van der Waals surface area contributed by atoms with Crippen molar-refractivity contribution < 1.29 is 23.7 Å². The van der Waals surface area contributed by atoms with Crippen LogP contribution >= 0.6 is 11.8 Å². The molecule has 0 aliphatic carbocycles. The average molecular weight is 477 g/mol. The Morgan fingerprint density at radius 1 is 1.15 bits per heavy atom. The molecule has 0 saturated carbocycles. The second kappa shape index (κ2) is 9.36. The van der Waals surface area contributed by atoms with E-state index in [9.17, 15) is 24.5 Å². The number of nitro groups is 1. The third kappa shape index (κ3) is 4.76. The fourth-order valence-corrected chi connectivity index (χ4v) is 4.21. The van der Waals surface area contributed by atoms with E-state index in [1.54, 1.807) is 62.4 Å². The van der Waals surface area contributed by atoms with Crippen LogP contribution in [0.3, 0.4) is 0 Å². The fourth-order valence-electron chi connectivity index (χ4n) is 3.39. The first-order valence-electron chi connectivity index (χ1n) is 10.2. The third-order valence-electron chi connectivity index (χ3n) is 5.25. The fraction of sp³-hybridized carbons (Fsp3) is 0.125. The minimum absolute atomic E-state index is 0.0113. The van der Waals surface area contributed by atoms with Crippen LogP contribution in [-0.4, -0.2) is 33.4 Å². The summed E-state index contributed by atoms with van der Waals surface area (Å²) in [6.45, 7) is 3.05. The van der Waals surface area contributed by atoms with Crippen molar-refractivity contribution in [2.45, 2.75) is 13.8 Å².